The Hall–Kier alpha value is -0.120. The summed E-state index contributed by atoms with van der Waals surface area (Å²) in [6.45, 7) is 0.595. The van der Waals surface area contributed by atoms with Crippen LogP contribution in [-0.4, -0.2) is 37.6 Å². The quantitative estimate of drug-likeness (QED) is 0.724. The van der Waals surface area contributed by atoms with Crippen molar-refractivity contribution >= 4 is 0 Å². The molecule has 2 aliphatic rings. The maximum atomic E-state index is 8.93. The Kier molecular flexibility index (Phi) is 3.42. The molecule has 3 nitrogen and oxygen atoms in total. The van der Waals surface area contributed by atoms with Crippen molar-refractivity contribution in [1.29, 1.82) is 0 Å². The number of aliphatic hydroxyl groups excluding tert-OH is 1. The van der Waals surface area contributed by atoms with Crippen molar-refractivity contribution < 1.29 is 14.6 Å². The number of aliphatic hydroxyl groups is 1. The van der Waals surface area contributed by atoms with E-state index in [4.69, 9.17) is 14.6 Å². The van der Waals surface area contributed by atoms with Gasteiger partial charge in [-0.3, -0.25) is 0 Å². The summed E-state index contributed by atoms with van der Waals surface area (Å²) in [5, 5.41) is 8.93. The topological polar surface area (TPSA) is 38.7 Å². The Morgan fingerprint density at radius 1 is 1.36 bits per heavy atom. The zero-order valence-corrected chi connectivity index (χ0v) is 8.82. The van der Waals surface area contributed by atoms with Crippen LogP contribution in [0.2, 0.25) is 0 Å². The van der Waals surface area contributed by atoms with Gasteiger partial charge in [0.05, 0.1) is 19.3 Å². The third kappa shape index (κ3) is 2.10. The van der Waals surface area contributed by atoms with Crippen LogP contribution in [-0.2, 0) is 9.47 Å². The van der Waals surface area contributed by atoms with E-state index in [2.05, 4.69) is 0 Å². The summed E-state index contributed by atoms with van der Waals surface area (Å²) in [6.07, 6.45) is 5.63. The molecule has 2 saturated carbocycles. The molecule has 0 spiro atoms. The lowest BCUT2D eigenvalue weighted by Gasteiger charge is -2.24. The van der Waals surface area contributed by atoms with E-state index in [1.54, 1.807) is 7.11 Å². The van der Waals surface area contributed by atoms with E-state index in [0.29, 0.717) is 12.7 Å². The summed E-state index contributed by atoms with van der Waals surface area (Å²) in [5.74, 6) is 1.70. The maximum absolute atomic E-state index is 8.93. The first-order chi connectivity index (χ1) is 6.83. The lowest BCUT2D eigenvalue weighted by Crippen LogP contribution is -2.28. The normalized spacial score (nSPS) is 37.7. The van der Waals surface area contributed by atoms with Gasteiger partial charge in [-0.05, 0) is 37.5 Å². The fourth-order valence-electron chi connectivity index (χ4n) is 2.82. The lowest BCUT2D eigenvalue weighted by atomic mass is 9.98. The molecule has 0 saturated heterocycles. The van der Waals surface area contributed by atoms with Gasteiger partial charge in [-0.2, -0.15) is 0 Å². The zero-order valence-electron chi connectivity index (χ0n) is 8.82. The molecule has 0 aromatic heterocycles. The highest BCUT2D eigenvalue weighted by atomic mass is 16.5. The van der Waals surface area contributed by atoms with Gasteiger partial charge in [0.25, 0.3) is 0 Å². The molecular formula is C11H20O3. The van der Waals surface area contributed by atoms with Gasteiger partial charge in [-0.1, -0.05) is 0 Å². The molecule has 0 heterocycles. The van der Waals surface area contributed by atoms with Crippen molar-refractivity contribution in [3.05, 3.63) is 0 Å². The highest BCUT2D eigenvalue weighted by molar-refractivity contribution is 4.90. The molecule has 3 heteroatoms. The van der Waals surface area contributed by atoms with Crippen LogP contribution in [0.25, 0.3) is 0 Å². The van der Waals surface area contributed by atoms with Crippen LogP contribution in [0.5, 0.6) is 0 Å². The second-order valence-electron chi connectivity index (χ2n) is 4.59. The lowest BCUT2D eigenvalue weighted by molar-refractivity contribution is -0.0611. The Balaban J connectivity index is 1.71. The number of hydrogen-bond donors (Lipinski definition) is 1. The predicted octanol–water partition coefficient (Wildman–Crippen LogP) is 1.20. The molecule has 2 aliphatic carbocycles. The maximum Gasteiger partial charge on any atom is 0.103 e. The van der Waals surface area contributed by atoms with Crippen molar-refractivity contribution in [1.82, 2.24) is 0 Å². The average Bonchev–Trinajstić information content (AvgIpc) is 2.80. The van der Waals surface area contributed by atoms with E-state index in [9.17, 15) is 0 Å². The Morgan fingerprint density at radius 2 is 2.21 bits per heavy atom. The van der Waals surface area contributed by atoms with Gasteiger partial charge < -0.3 is 14.6 Å². The Morgan fingerprint density at radius 3 is 2.71 bits per heavy atom. The highest BCUT2D eigenvalue weighted by Crippen LogP contribution is 2.45. The summed E-state index contributed by atoms with van der Waals surface area (Å²) in [4.78, 5) is 0. The first-order valence-corrected chi connectivity index (χ1v) is 5.58. The van der Waals surface area contributed by atoms with E-state index >= 15 is 0 Å². The number of fused-ring (bicyclic) bond motifs is 2. The first-order valence-electron chi connectivity index (χ1n) is 5.58. The van der Waals surface area contributed by atoms with E-state index in [1.807, 2.05) is 0 Å². The molecule has 0 aliphatic heterocycles. The second-order valence-corrected chi connectivity index (χ2v) is 4.59. The molecule has 4 atom stereocenters. The van der Waals surface area contributed by atoms with Crippen LogP contribution in [0.3, 0.4) is 0 Å². The number of ether oxygens (including phenoxy) is 2. The summed E-state index contributed by atoms with van der Waals surface area (Å²) >= 11 is 0. The second kappa shape index (κ2) is 4.60. The van der Waals surface area contributed by atoms with Gasteiger partial charge in [-0.25, -0.2) is 0 Å². The van der Waals surface area contributed by atoms with Crippen LogP contribution in [0, 0.1) is 11.8 Å². The summed E-state index contributed by atoms with van der Waals surface area (Å²) in [5.41, 5.74) is 0. The minimum atomic E-state index is -0.144. The van der Waals surface area contributed by atoms with Crippen LogP contribution < -0.4 is 0 Å². The number of hydrogen-bond acceptors (Lipinski definition) is 3. The molecule has 14 heavy (non-hydrogen) atoms. The van der Waals surface area contributed by atoms with Crippen LogP contribution in [0.15, 0.2) is 0 Å². The van der Waals surface area contributed by atoms with E-state index in [0.717, 1.165) is 11.8 Å². The number of methoxy groups -OCH3 is 1. The molecule has 0 radical (unpaired) electrons. The standard InChI is InChI=1S/C11H20O3/c1-13-10(6-12)7-14-11-5-8-2-3-9(11)4-8/h8-12H,2-7H2,1H3. The molecule has 2 bridgehead atoms. The van der Waals surface area contributed by atoms with Crippen molar-refractivity contribution in [2.24, 2.45) is 11.8 Å². The van der Waals surface area contributed by atoms with Gasteiger partial charge in [0.1, 0.15) is 6.10 Å². The molecule has 0 aromatic carbocycles. The highest BCUT2D eigenvalue weighted by Gasteiger charge is 2.40. The average molecular weight is 200 g/mol. The molecule has 2 rings (SSSR count). The minimum Gasteiger partial charge on any atom is -0.394 e. The summed E-state index contributed by atoms with van der Waals surface area (Å²) in [7, 11) is 1.62. The van der Waals surface area contributed by atoms with Crippen LogP contribution in [0.1, 0.15) is 25.7 Å². The largest absolute Gasteiger partial charge is 0.394 e. The minimum absolute atomic E-state index is 0.0529. The van der Waals surface area contributed by atoms with Crippen LogP contribution >= 0.6 is 0 Å². The van der Waals surface area contributed by atoms with E-state index < -0.39 is 0 Å². The predicted molar refractivity (Wildman–Crippen MR) is 53.1 cm³/mol. The summed E-state index contributed by atoms with van der Waals surface area (Å²) in [6, 6.07) is 0. The smallest absolute Gasteiger partial charge is 0.103 e. The molecule has 4 unspecified atom stereocenters. The fraction of sp³-hybridized carbons (Fsp3) is 1.00. The Bertz CT molecular complexity index is 179. The molecule has 2 fully saturated rings. The van der Waals surface area contributed by atoms with E-state index in [1.165, 1.54) is 25.7 Å². The van der Waals surface area contributed by atoms with E-state index in [-0.39, 0.29) is 12.7 Å². The zero-order chi connectivity index (χ0) is 9.97. The third-order valence-electron chi connectivity index (χ3n) is 3.71. The van der Waals surface area contributed by atoms with Gasteiger partial charge in [0.15, 0.2) is 0 Å². The molecule has 0 amide bonds. The Labute approximate surface area is 85.4 Å². The summed E-state index contributed by atoms with van der Waals surface area (Å²) < 4.78 is 10.9. The molecular weight excluding hydrogens is 180 g/mol. The monoisotopic (exact) mass is 200 g/mol. The van der Waals surface area contributed by atoms with Crippen molar-refractivity contribution in [2.75, 3.05) is 20.3 Å². The molecule has 82 valence electrons. The SMILES string of the molecule is COC(CO)COC1CC2CCC1C2. The van der Waals surface area contributed by atoms with Gasteiger partial charge in [0, 0.05) is 7.11 Å². The number of rotatable bonds is 5. The van der Waals surface area contributed by atoms with Crippen molar-refractivity contribution in [3.63, 3.8) is 0 Å². The van der Waals surface area contributed by atoms with Gasteiger partial charge in [-0.15, -0.1) is 0 Å². The molecule has 0 aromatic rings. The van der Waals surface area contributed by atoms with Crippen molar-refractivity contribution in [2.45, 2.75) is 37.9 Å². The fourth-order valence-corrected chi connectivity index (χ4v) is 2.82. The van der Waals surface area contributed by atoms with Crippen molar-refractivity contribution in [3.8, 4) is 0 Å². The van der Waals surface area contributed by atoms with Crippen LogP contribution in [0.4, 0.5) is 0 Å². The van der Waals surface area contributed by atoms with Gasteiger partial charge >= 0.3 is 0 Å². The van der Waals surface area contributed by atoms with Gasteiger partial charge in [0.2, 0.25) is 0 Å². The molecule has 1 N–H and O–H groups in total. The first kappa shape index (κ1) is 10.4. The third-order valence-corrected chi connectivity index (χ3v) is 3.71.